The van der Waals surface area contributed by atoms with Gasteiger partial charge in [-0.15, -0.1) is 0 Å². The molecule has 0 radical (unpaired) electrons. The zero-order valence-corrected chi connectivity index (χ0v) is 20.8. The molecule has 4 rings (SSSR count). The lowest BCUT2D eigenvalue weighted by atomic mass is 9.47. The highest BCUT2D eigenvalue weighted by Gasteiger charge is 2.59. The quantitative estimate of drug-likeness (QED) is 0.416. The Balaban J connectivity index is 1.42. The predicted molar refractivity (Wildman–Crippen MR) is 128 cm³/mol. The summed E-state index contributed by atoms with van der Waals surface area (Å²) in [5.74, 6) is 5.52. The Hall–Kier alpha value is -0.300. The molecule has 0 amide bonds. The minimum Gasteiger partial charge on any atom is -0.393 e. The van der Waals surface area contributed by atoms with E-state index >= 15 is 0 Å². The first-order valence-corrected chi connectivity index (χ1v) is 13.7. The van der Waals surface area contributed by atoms with Gasteiger partial charge in [-0.2, -0.15) is 0 Å². The lowest BCUT2D eigenvalue weighted by Crippen LogP contribution is -2.50. The highest BCUT2D eigenvalue weighted by atomic mass is 16.3. The van der Waals surface area contributed by atoms with Gasteiger partial charge in [-0.3, -0.25) is 0 Å². The van der Waals surface area contributed by atoms with E-state index in [2.05, 4.69) is 40.7 Å². The second-order valence-corrected chi connectivity index (χ2v) is 12.7. The van der Waals surface area contributed by atoms with Gasteiger partial charge < -0.3 is 5.11 Å². The summed E-state index contributed by atoms with van der Waals surface area (Å²) in [7, 11) is 0. The zero-order chi connectivity index (χ0) is 21.5. The number of hydrogen-bond donors (Lipinski definition) is 1. The molecular formula is C29H50O. The molecule has 0 spiro atoms. The summed E-state index contributed by atoms with van der Waals surface area (Å²) in [5, 5.41) is 10.2. The molecule has 0 saturated heterocycles. The van der Waals surface area contributed by atoms with Crippen molar-refractivity contribution in [3.8, 4) is 0 Å². The molecule has 3 fully saturated rings. The number of rotatable bonds is 7. The average molecular weight is 415 g/mol. The Bertz CT molecular complexity index is 622. The number of allylic oxidation sites excluding steroid dienone is 1. The lowest BCUT2D eigenvalue weighted by molar-refractivity contribution is -0.0573. The molecule has 4 aliphatic rings. The first-order chi connectivity index (χ1) is 14.3. The molecule has 9 atom stereocenters. The molecule has 1 nitrogen and oxygen atoms in total. The Morgan fingerprint density at radius 3 is 2.57 bits per heavy atom. The number of fused-ring (bicyclic) bond motifs is 5. The SMILES string of the molecule is CCCC(C)CCC[C@@H](C)[C@H]1CC[C@H]2[C@@H]3CC=C4C[C@@H](O)CC[C@]4(C)[C@H]3CC[C@]12C. The van der Waals surface area contributed by atoms with E-state index in [9.17, 15) is 5.11 Å². The van der Waals surface area contributed by atoms with E-state index in [4.69, 9.17) is 0 Å². The van der Waals surface area contributed by atoms with Crippen LogP contribution in [0.15, 0.2) is 11.6 Å². The minimum atomic E-state index is -0.0773. The van der Waals surface area contributed by atoms with E-state index in [1.807, 2.05) is 0 Å². The lowest BCUT2D eigenvalue weighted by Gasteiger charge is -2.58. The standard InChI is InChI=1S/C29H50O/c1-6-8-20(2)9-7-10-21(3)25-13-14-26-24-12-11-22-19-23(30)15-17-28(22,4)27(24)16-18-29(25,26)5/h11,20-21,23-27,30H,6-10,12-19H2,1-5H3/t20?,21-,23+,24+,25-,26+,27+,28+,29-/m1/s1. The minimum absolute atomic E-state index is 0.0773. The Morgan fingerprint density at radius 2 is 1.80 bits per heavy atom. The van der Waals surface area contributed by atoms with E-state index in [0.717, 1.165) is 48.3 Å². The number of aliphatic hydroxyl groups excluding tert-OH is 1. The summed E-state index contributed by atoms with van der Waals surface area (Å²) >= 11 is 0. The fourth-order valence-corrected chi connectivity index (χ4v) is 9.24. The van der Waals surface area contributed by atoms with E-state index < -0.39 is 0 Å². The van der Waals surface area contributed by atoms with Crippen molar-refractivity contribution in [3.05, 3.63) is 11.6 Å². The summed E-state index contributed by atoms with van der Waals surface area (Å²) in [6.45, 7) is 12.6. The molecule has 0 bridgehead atoms. The van der Waals surface area contributed by atoms with Crippen molar-refractivity contribution in [2.75, 3.05) is 0 Å². The molecule has 0 aliphatic heterocycles. The van der Waals surface area contributed by atoms with E-state index in [1.54, 1.807) is 5.57 Å². The van der Waals surface area contributed by atoms with Crippen LogP contribution in [-0.4, -0.2) is 11.2 Å². The third kappa shape index (κ3) is 3.95. The van der Waals surface area contributed by atoms with Crippen LogP contribution >= 0.6 is 0 Å². The molecule has 0 aromatic heterocycles. The molecule has 1 unspecified atom stereocenters. The van der Waals surface area contributed by atoms with Crippen LogP contribution in [0.25, 0.3) is 0 Å². The van der Waals surface area contributed by atoms with Crippen LogP contribution in [-0.2, 0) is 0 Å². The Kier molecular flexibility index (Phi) is 6.80. The van der Waals surface area contributed by atoms with Gasteiger partial charge in [0.15, 0.2) is 0 Å². The van der Waals surface area contributed by atoms with Gasteiger partial charge in [-0.1, -0.05) is 78.4 Å². The molecule has 30 heavy (non-hydrogen) atoms. The first-order valence-electron chi connectivity index (χ1n) is 13.7. The van der Waals surface area contributed by atoms with Crippen LogP contribution < -0.4 is 0 Å². The monoisotopic (exact) mass is 414 g/mol. The summed E-state index contributed by atoms with van der Waals surface area (Å²) in [6.07, 6.45) is 20.0. The van der Waals surface area contributed by atoms with E-state index in [0.29, 0.717) is 10.8 Å². The van der Waals surface area contributed by atoms with Crippen molar-refractivity contribution in [2.45, 2.75) is 124 Å². The summed E-state index contributed by atoms with van der Waals surface area (Å²) in [5.41, 5.74) is 2.60. The van der Waals surface area contributed by atoms with E-state index in [1.165, 1.54) is 70.6 Å². The topological polar surface area (TPSA) is 20.2 Å². The molecule has 0 heterocycles. The fourth-order valence-electron chi connectivity index (χ4n) is 9.24. The fraction of sp³-hybridized carbons (Fsp3) is 0.931. The zero-order valence-electron chi connectivity index (χ0n) is 20.8. The summed E-state index contributed by atoms with van der Waals surface area (Å²) in [6, 6.07) is 0. The molecule has 0 aromatic carbocycles. The third-order valence-electron chi connectivity index (χ3n) is 11.0. The molecular weight excluding hydrogens is 364 g/mol. The van der Waals surface area contributed by atoms with Crippen LogP contribution in [0.2, 0.25) is 0 Å². The van der Waals surface area contributed by atoms with Gasteiger partial charge in [-0.25, -0.2) is 0 Å². The summed E-state index contributed by atoms with van der Waals surface area (Å²) in [4.78, 5) is 0. The predicted octanol–water partition coefficient (Wildman–Crippen LogP) is 8.17. The van der Waals surface area contributed by atoms with Gasteiger partial charge in [0.2, 0.25) is 0 Å². The number of aliphatic hydroxyl groups is 1. The van der Waals surface area contributed by atoms with Gasteiger partial charge in [0.25, 0.3) is 0 Å². The molecule has 1 N–H and O–H groups in total. The highest BCUT2D eigenvalue weighted by molar-refractivity contribution is 5.25. The van der Waals surface area contributed by atoms with Crippen LogP contribution in [0.5, 0.6) is 0 Å². The molecule has 1 heteroatoms. The Morgan fingerprint density at radius 1 is 1.00 bits per heavy atom. The van der Waals surface area contributed by atoms with Crippen LogP contribution in [0, 0.1) is 46.3 Å². The van der Waals surface area contributed by atoms with Crippen LogP contribution in [0.1, 0.15) is 118 Å². The molecule has 4 aliphatic carbocycles. The second-order valence-electron chi connectivity index (χ2n) is 12.7. The molecule has 172 valence electrons. The molecule has 0 aromatic rings. The van der Waals surface area contributed by atoms with Crippen molar-refractivity contribution in [3.63, 3.8) is 0 Å². The summed E-state index contributed by atoms with van der Waals surface area (Å²) < 4.78 is 0. The van der Waals surface area contributed by atoms with Crippen LogP contribution in [0.4, 0.5) is 0 Å². The number of hydrogen-bond acceptors (Lipinski definition) is 1. The van der Waals surface area contributed by atoms with Crippen molar-refractivity contribution >= 4 is 0 Å². The normalized spacial score (nSPS) is 45.1. The van der Waals surface area contributed by atoms with Gasteiger partial charge in [-0.05, 0) is 97.7 Å². The maximum absolute atomic E-state index is 10.2. The smallest absolute Gasteiger partial charge is 0.0577 e. The maximum atomic E-state index is 10.2. The Labute approximate surface area is 187 Å². The van der Waals surface area contributed by atoms with E-state index in [-0.39, 0.29) is 6.10 Å². The van der Waals surface area contributed by atoms with Crippen molar-refractivity contribution < 1.29 is 5.11 Å². The first kappa shape index (κ1) is 22.9. The van der Waals surface area contributed by atoms with Gasteiger partial charge in [0.1, 0.15) is 0 Å². The highest BCUT2D eigenvalue weighted by Crippen LogP contribution is 2.67. The van der Waals surface area contributed by atoms with Crippen molar-refractivity contribution in [1.29, 1.82) is 0 Å². The largest absolute Gasteiger partial charge is 0.393 e. The van der Waals surface area contributed by atoms with Crippen molar-refractivity contribution in [2.24, 2.45) is 46.3 Å². The second kappa shape index (κ2) is 8.92. The average Bonchev–Trinajstić information content (AvgIpc) is 3.06. The third-order valence-corrected chi connectivity index (χ3v) is 11.0. The van der Waals surface area contributed by atoms with Gasteiger partial charge in [0.05, 0.1) is 6.10 Å². The maximum Gasteiger partial charge on any atom is 0.0577 e. The van der Waals surface area contributed by atoms with Crippen LogP contribution in [0.3, 0.4) is 0 Å². The molecule has 3 saturated carbocycles. The van der Waals surface area contributed by atoms with Gasteiger partial charge >= 0.3 is 0 Å². The van der Waals surface area contributed by atoms with Crippen molar-refractivity contribution in [1.82, 2.24) is 0 Å². The van der Waals surface area contributed by atoms with Gasteiger partial charge in [0, 0.05) is 0 Å².